The van der Waals surface area contributed by atoms with Gasteiger partial charge in [0.05, 0.1) is 19.9 Å². The summed E-state index contributed by atoms with van der Waals surface area (Å²) in [5.74, 6) is 0.539. The van der Waals surface area contributed by atoms with E-state index in [-0.39, 0.29) is 11.7 Å². The van der Waals surface area contributed by atoms with Crippen LogP contribution in [0.2, 0.25) is 0 Å². The van der Waals surface area contributed by atoms with Crippen LogP contribution in [0.15, 0.2) is 10.7 Å². The van der Waals surface area contributed by atoms with Gasteiger partial charge >= 0.3 is 12.0 Å². The monoisotopic (exact) mass is 334 g/mol. The van der Waals surface area contributed by atoms with Crippen molar-refractivity contribution in [3.05, 3.63) is 23.3 Å². The molecule has 24 heavy (non-hydrogen) atoms. The number of rotatable bonds is 6. The summed E-state index contributed by atoms with van der Waals surface area (Å²) in [5, 5.41) is 16.9. The van der Waals surface area contributed by atoms with Crippen LogP contribution in [0.25, 0.3) is 0 Å². The van der Waals surface area contributed by atoms with Crippen molar-refractivity contribution >= 4 is 17.7 Å². The van der Waals surface area contributed by atoms with Crippen LogP contribution in [0.3, 0.4) is 0 Å². The fraction of sp³-hybridized carbons (Fsp3) is 0.500. The fourth-order valence-corrected chi connectivity index (χ4v) is 2.21. The molecule has 0 radical (unpaired) electrons. The van der Waals surface area contributed by atoms with Gasteiger partial charge in [0.25, 0.3) is 0 Å². The summed E-state index contributed by atoms with van der Waals surface area (Å²) in [6.45, 7) is 2.48. The van der Waals surface area contributed by atoms with Crippen molar-refractivity contribution in [2.24, 2.45) is 0 Å². The highest BCUT2D eigenvalue weighted by molar-refractivity contribution is 5.90. The molecule has 10 heteroatoms. The minimum atomic E-state index is -0.553. The number of nitrogens with one attached hydrogen (secondary N) is 2. The topological polar surface area (TPSA) is 124 Å². The number of aromatic nitrogens is 4. The van der Waals surface area contributed by atoms with Gasteiger partial charge in [0.1, 0.15) is 11.4 Å². The Bertz CT molecular complexity index is 748. The van der Waals surface area contributed by atoms with Crippen molar-refractivity contribution < 1.29 is 18.8 Å². The Hall–Kier alpha value is -2.91. The molecule has 2 amide bonds. The van der Waals surface area contributed by atoms with Crippen LogP contribution in [-0.2, 0) is 11.3 Å². The van der Waals surface area contributed by atoms with Gasteiger partial charge in [-0.3, -0.25) is 0 Å². The molecule has 0 saturated heterocycles. The molecule has 0 aliphatic heterocycles. The molecule has 128 valence electrons. The quantitative estimate of drug-likeness (QED) is 0.757. The number of urea groups is 1. The number of hydrogen-bond donors (Lipinski definition) is 2. The highest BCUT2D eigenvalue weighted by Crippen LogP contribution is 2.44. The van der Waals surface area contributed by atoms with Gasteiger partial charge < -0.3 is 19.9 Å². The predicted molar refractivity (Wildman–Crippen MR) is 81.6 cm³/mol. The number of hydrogen-bond acceptors (Lipinski definition) is 7. The number of amides is 2. The Morgan fingerprint density at radius 1 is 1.46 bits per heavy atom. The van der Waals surface area contributed by atoms with E-state index in [4.69, 9.17) is 4.52 Å². The summed E-state index contributed by atoms with van der Waals surface area (Å²) in [6, 6.07) is -0.350. The van der Waals surface area contributed by atoms with Gasteiger partial charge in [-0.15, -0.1) is 5.10 Å². The molecular weight excluding hydrogens is 316 g/mol. The van der Waals surface area contributed by atoms with Crippen LogP contribution < -0.4 is 10.6 Å². The van der Waals surface area contributed by atoms with Crippen LogP contribution in [0.5, 0.6) is 0 Å². The maximum atomic E-state index is 12.0. The number of carbonyl (C=O) groups is 2. The van der Waals surface area contributed by atoms with Gasteiger partial charge in [-0.1, -0.05) is 10.4 Å². The summed E-state index contributed by atoms with van der Waals surface area (Å²) < 4.78 is 11.3. The molecule has 10 nitrogen and oxygen atoms in total. The fourth-order valence-electron chi connectivity index (χ4n) is 2.21. The molecule has 3 rings (SSSR count). The van der Waals surface area contributed by atoms with Crippen LogP contribution in [0.4, 0.5) is 10.5 Å². The molecule has 2 aromatic rings. The standard InChI is InChI=1S/C14H18N6O4/c1-8-11(12(24-18-8)9-3-4-9)16-14(22)15-5-6-20-7-10(17-19-20)13(21)23-2/h7,9H,3-6H2,1-2H3,(H2,15,16,22). The van der Waals surface area contributed by atoms with Crippen molar-refractivity contribution in [3.63, 3.8) is 0 Å². The van der Waals surface area contributed by atoms with Gasteiger partial charge in [-0.2, -0.15) is 0 Å². The van der Waals surface area contributed by atoms with Crippen LogP contribution in [-0.4, -0.2) is 45.8 Å². The number of nitrogens with zero attached hydrogens (tertiary/aromatic N) is 4. The minimum absolute atomic E-state index is 0.121. The van der Waals surface area contributed by atoms with E-state index in [0.29, 0.717) is 30.4 Å². The van der Waals surface area contributed by atoms with Crippen LogP contribution in [0.1, 0.15) is 40.7 Å². The van der Waals surface area contributed by atoms with Crippen molar-refractivity contribution in [3.8, 4) is 0 Å². The van der Waals surface area contributed by atoms with E-state index in [1.54, 1.807) is 6.92 Å². The highest BCUT2D eigenvalue weighted by Gasteiger charge is 2.32. The van der Waals surface area contributed by atoms with E-state index in [0.717, 1.165) is 18.6 Å². The largest absolute Gasteiger partial charge is 0.464 e. The highest BCUT2D eigenvalue weighted by atomic mass is 16.5. The number of anilines is 1. The maximum Gasteiger partial charge on any atom is 0.360 e. The molecule has 2 aromatic heterocycles. The average molecular weight is 334 g/mol. The molecule has 0 spiro atoms. The first-order valence-corrected chi connectivity index (χ1v) is 7.58. The summed E-state index contributed by atoms with van der Waals surface area (Å²) in [5.41, 5.74) is 1.42. The molecule has 0 unspecified atom stereocenters. The third-order valence-electron chi connectivity index (χ3n) is 3.64. The summed E-state index contributed by atoms with van der Waals surface area (Å²) in [4.78, 5) is 23.3. The van der Waals surface area contributed by atoms with Crippen LogP contribution in [0, 0.1) is 6.92 Å². The number of ether oxygens (including phenoxy) is 1. The zero-order valence-corrected chi connectivity index (χ0v) is 13.4. The molecule has 1 aliphatic carbocycles. The molecule has 2 heterocycles. The second-order valence-corrected chi connectivity index (χ2v) is 5.52. The minimum Gasteiger partial charge on any atom is -0.464 e. The third-order valence-corrected chi connectivity index (χ3v) is 3.64. The van der Waals surface area contributed by atoms with Crippen molar-refractivity contribution in [2.75, 3.05) is 19.0 Å². The Balaban J connectivity index is 1.48. The maximum absolute atomic E-state index is 12.0. The molecule has 1 aliphatic rings. The second kappa shape index (κ2) is 6.69. The van der Waals surface area contributed by atoms with Gasteiger partial charge in [0.15, 0.2) is 11.5 Å². The second-order valence-electron chi connectivity index (χ2n) is 5.52. The Kier molecular flexibility index (Phi) is 4.45. The molecule has 0 aromatic carbocycles. The molecular formula is C14H18N6O4. The lowest BCUT2D eigenvalue weighted by molar-refractivity contribution is 0.0594. The Labute approximate surface area is 137 Å². The molecule has 2 N–H and O–H groups in total. The first-order chi connectivity index (χ1) is 11.6. The first kappa shape index (κ1) is 16.0. The van der Waals surface area contributed by atoms with Gasteiger partial charge in [-0.25, -0.2) is 14.3 Å². The molecule has 1 saturated carbocycles. The molecule has 0 bridgehead atoms. The smallest absolute Gasteiger partial charge is 0.360 e. The molecule has 0 atom stereocenters. The SMILES string of the molecule is COC(=O)c1cn(CCNC(=O)Nc2c(C)noc2C2CC2)nn1. The van der Waals surface area contributed by atoms with E-state index in [9.17, 15) is 9.59 Å². The zero-order chi connectivity index (χ0) is 17.1. The summed E-state index contributed by atoms with van der Waals surface area (Å²) in [6.07, 6.45) is 3.57. The van der Waals surface area contributed by atoms with Crippen molar-refractivity contribution in [2.45, 2.75) is 32.2 Å². The lowest BCUT2D eigenvalue weighted by atomic mass is 10.2. The zero-order valence-electron chi connectivity index (χ0n) is 13.4. The van der Waals surface area contributed by atoms with Gasteiger partial charge in [0.2, 0.25) is 0 Å². The number of aryl methyl sites for hydroxylation is 1. The lowest BCUT2D eigenvalue weighted by Gasteiger charge is -2.07. The predicted octanol–water partition coefficient (Wildman–Crippen LogP) is 1.06. The average Bonchev–Trinajstić information content (AvgIpc) is 3.20. The van der Waals surface area contributed by atoms with E-state index in [1.165, 1.54) is 18.0 Å². The molecule has 1 fully saturated rings. The Morgan fingerprint density at radius 2 is 2.25 bits per heavy atom. The van der Waals surface area contributed by atoms with Crippen molar-refractivity contribution in [1.82, 2.24) is 25.5 Å². The Morgan fingerprint density at radius 3 is 2.96 bits per heavy atom. The van der Waals surface area contributed by atoms with E-state index in [1.807, 2.05) is 0 Å². The first-order valence-electron chi connectivity index (χ1n) is 7.58. The van der Waals surface area contributed by atoms with E-state index < -0.39 is 5.97 Å². The number of methoxy groups -OCH3 is 1. The van der Waals surface area contributed by atoms with E-state index >= 15 is 0 Å². The normalized spacial score (nSPS) is 13.6. The number of carbonyl (C=O) groups excluding carboxylic acids is 2. The summed E-state index contributed by atoms with van der Waals surface area (Å²) >= 11 is 0. The van der Waals surface area contributed by atoms with Crippen LogP contribution >= 0.6 is 0 Å². The van der Waals surface area contributed by atoms with Gasteiger partial charge in [-0.05, 0) is 19.8 Å². The third kappa shape index (κ3) is 3.53. The number of esters is 1. The lowest BCUT2D eigenvalue weighted by Crippen LogP contribution is -2.32. The van der Waals surface area contributed by atoms with Crippen molar-refractivity contribution in [1.29, 1.82) is 0 Å². The van der Waals surface area contributed by atoms with E-state index in [2.05, 4.69) is 30.8 Å². The summed E-state index contributed by atoms with van der Waals surface area (Å²) in [7, 11) is 1.27. The van der Waals surface area contributed by atoms with Gasteiger partial charge in [0, 0.05) is 12.5 Å².